The lowest BCUT2D eigenvalue weighted by atomic mass is 9.74. The summed E-state index contributed by atoms with van der Waals surface area (Å²) in [4.78, 5) is 37.1. The van der Waals surface area contributed by atoms with Crippen molar-refractivity contribution in [3.63, 3.8) is 0 Å². The molecule has 3 aliphatic rings. The zero-order valence-electron chi connectivity index (χ0n) is 19.8. The number of carbonyl (C=O) groups excluding carboxylic acids is 2. The smallest absolute Gasteiger partial charge is 0.407 e. The monoisotopic (exact) mass is 476 g/mol. The quantitative estimate of drug-likeness (QED) is 0.517. The number of hydrogen-bond donors (Lipinski definition) is 3. The highest BCUT2D eigenvalue weighted by Crippen LogP contribution is 2.45. The fourth-order valence-corrected chi connectivity index (χ4v) is 5.68. The summed E-state index contributed by atoms with van der Waals surface area (Å²) in [6, 6.07) is 16.4. The van der Waals surface area contributed by atoms with Gasteiger partial charge in [0.2, 0.25) is 5.91 Å². The molecule has 2 saturated carbocycles. The summed E-state index contributed by atoms with van der Waals surface area (Å²) in [6.07, 6.45) is 4.97. The molecule has 0 aliphatic heterocycles. The first-order chi connectivity index (χ1) is 16.9. The van der Waals surface area contributed by atoms with Gasteiger partial charge in [0.1, 0.15) is 6.61 Å². The zero-order valence-corrected chi connectivity index (χ0v) is 19.8. The maximum absolute atomic E-state index is 12.7. The number of rotatable bonds is 8. The summed E-state index contributed by atoms with van der Waals surface area (Å²) < 4.78 is 5.64. The van der Waals surface area contributed by atoms with E-state index in [2.05, 4.69) is 34.9 Å². The molecular weight excluding hydrogens is 444 g/mol. The molecule has 3 aliphatic carbocycles. The third-order valence-corrected chi connectivity index (χ3v) is 7.95. The van der Waals surface area contributed by atoms with Gasteiger partial charge in [-0.15, -0.1) is 0 Å². The number of ether oxygens (including phenoxy) is 1. The van der Waals surface area contributed by atoms with Crippen LogP contribution in [0.1, 0.15) is 68.4 Å². The van der Waals surface area contributed by atoms with Crippen LogP contribution in [0.4, 0.5) is 4.79 Å². The normalized spacial score (nSPS) is 19.2. The van der Waals surface area contributed by atoms with E-state index in [4.69, 9.17) is 4.74 Å². The van der Waals surface area contributed by atoms with Crippen molar-refractivity contribution in [3.05, 3.63) is 59.7 Å². The molecule has 0 unspecified atom stereocenters. The van der Waals surface area contributed by atoms with Crippen molar-refractivity contribution in [1.82, 2.24) is 10.6 Å². The molecule has 2 aromatic rings. The Hall–Kier alpha value is -3.35. The third kappa shape index (κ3) is 4.77. The van der Waals surface area contributed by atoms with Gasteiger partial charge in [-0.25, -0.2) is 4.79 Å². The van der Waals surface area contributed by atoms with Crippen molar-refractivity contribution in [2.45, 2.75) is 62.8 Å². The molecule has 0 heterocycles. The van der Waals surface area contributed by atoms with Gasteiger partial charge in [-0.2, -0.15) is 0 Å². The van der Waals surface area contributed by atoms with E-state index in [1.807, 2.05) is 24.3 Å². The second kappa shape index (κ2) is 9.36. The number of alkyl carbamates (subject to hydrolysis) is 1. The molecule has 2 fully saturated rings. The van der Waals surface area contributed by atoms with Gasteiger partial charge in [0.15, 0.2) is 0 Å². The molecule has 5 rings (SSSR count). The minimum atomic E-state index is -0.870. The molecule has 35 heavy (non-hydrogen) atoms. The van der Waals surface area contributed by atoms with Gasteiger partial charge in [-0.05, 0) is 47.9 Å². The predicted octanol–water partition coefficient (Wildman–Crippen LogP) is 4.60. The standard InChI is InChI=1S/C28H32N2O5/c31-24(29-18-27(25(32)33)12-6-1-7-13-27)16-28(14-15-28)30-26(34)35-17-23-21-10-4-2-8-19(21)20-9-3-5-11-22(20)23/h2-5,8-11,23H,1,6-7,12-18H2,(H,29,31)(H,30,34)(H,32,33). The van der Waals surface area contributed by atoms with Crippen LogP contribution in [0.3, 0.4) is 0 Å². The SMILES string of the molecule is O=C(CC1(NC(=O)OCC2c3ccccc3-c3ccccc32)CC1)NCC1(C(=O)O)CCCCC1. The minimum Gasteiger partial charge on any atom is -0.481 e. The van der Waals surface area contributed by atoms with E-state index in [1.165, 1.54) is 11.1 Å². The van der Waals surface area contributed by atoms with Gasteiger partial charge in [0.05, 0.1) is 11.0 Å². The molecule has 2 aromatic carbocycles. The number of aliphatic carboxylic acids is 1. The van der Waals surface area contributed by atoms with Crippen molar-refractivity contribution >= 4 is 18.0 Å². The van der Waals surface area contributed by atoms with E-state index < -0.39 is 23.0 Å². The Bertz CT molecular complexity index is 1090. The molecule has 0 radical (unpaired) electrons. The Morgan fingerprint density at radius 1 is 0.886 bits per heavy atom. The number of nitrogens with one attached hydrogen (secondary N) is 2. The van der Waals surface area contributed by atoms with E-state index in [1.54, 1.807) is 0 Å². The summed E-state index contributed by atoms with van der Waals surface area (Å²) in [5, 5.41) is 15.4. The molecular formula is C28H32N2O5. The Labute approximate surface area is 205 Å². The molecule has 184 valence electrons. The van der Waals surface area contributed by atoms with E-state index in [9.17, 15) is 19.5 Å². The Morgan fingerprint density at radius 2 is 1.49 bits per heavy atom. The van der Waals surface area contributed by atoms with E-state index >= 15 is 0 Å². The summed E-state index contributed by atoms with van der Waals surface area (Å²) in [7, 11) is 0. The van der Waals surface area contributed by atoms with Gasteiger partial charge in [0.25, 0.3) is 0 Å². The highest BCUT2D eigenvalue weighted by Gasteiger charge is 2.47. The summed E-state index contributed by atoms with van der Waals surface area (Å²) in [5.41, 5.74) is 3.17. The molecule has 2 amide bonds. The van der Waals surface area contributed by atoms with Gasteiger partial charge in [-0.1, -0.05) is 67.8 Å². The minimum absolute atomic E-state index is 0.0192. The average molecular weight is 477 g/mol. The molecule has 3 N–H and O–H groups in total. The molecule has 0 saturated heterocycles. The number of hydrogen-bond acceptors (Lipinski definition) is 4. The van der Waals surface area contributed by atoms with Crippen molar-refractivity contribution < 1.29 is 24.2 Å². The zero-order chi connectivity index (χ0) is 24.5. The van der Waals surface area contributed by atoms with Gasteiger partial charge < -0.3 is 20.5 Å². The molecule has 0 atom stereocenters. The second-order valence-electron chi connectivity index (χ2n) is 10.3. The van der Waals surface area contributed by atoms with Crippen LogP contribution >= 0.6 is 0 Å². The van der Waals surface area contributed by atoms with Crippen molar-refractivity contribution in [1.29, 1.82) is 0 Å². The fraction of sp³-hybridized carbons (Fsp3) is 0.464. The van der Waals surface area contributed by atoms with Crippen molar-refractivity contribution in [2.75, 3.05) is 13.2 Å². The lowest BCUT2D eigenvalue weighted by Crippen LogP contribution is -2.47. The topological polar surface area (TPSA) is 105 Å². The van der Waals surface area contributed by atoms with E-state index in [0.29, 0.717) is 25.7 Å². The molecule has 0 bridgehead atoms. The van der Waals surface area contributed by atoms with Crippen molar-refractivity contribution in [3.8, 4) is 11.1 Å². The fourth-order valence-electron chi connectivity index (χ4n) is 5.68. The summed E-state index contributed by atoms with van der Waals surface area (Å²) >= 11 is 0. The Morgan fingerprint density at radius 3 is 2.06 bits per heavy atom. The van der Waals surface area contributed by atoms with Gasteiger partial charge >= 0.3 is 12.1 Å². The van der Waals surface area contributed by atoms with Crippen LogP contribution < -0.4 is 10.6 Å². The number of amides is 2. The predicted molar refractivity (Wildman–Crippen MR) is 131 cm³/mol. The van der Waals surface area contributed by atoms with E-state index in [-0.39, 0.29) is 31.4 Å². The summed E-state index contributed by atoms with van der Waals surface area (Å²) in [5.74, 6) is -1.09. The van der Waals surface area contributed by atoms with Crippen LogP contribution in [0.2, 0.25) is 0 Å². The summed E-state index contributed by atoms with van der Waals surface area (Å²) in [6.45, 7) is 0.367. The highest BCUT2D eigenvalue weighted by molar-refractivity contribution is 5.82. The molecule has 7 nitrogen and oxygen atoms in total. The molecule has 0 spiro atoms. The van der Waals surface area contributed by atoms with Gasteiger partial charge in [0, 0.05) is 18.9 Å². The average Bonchev–Trinajstić information content (AvgIpc) is 3.53. The maximum atomic E-state index is 12.7. The third-order valence-electron chi connectivity index (χ3n) is 7.95. The molecule has 0 aromatic heterocycles. The Balaban J connectivity index is 1.14. The number of carboxylic acid groups (broad SMARTS) is 1. The van der Waals surface area contributed by atoms with Crippen LogP contribution in [0.5, 0.6) is 0 Å². The maximum Gasteiger partial charge on any atom is 0.407 e. The highest BCUT2D eigenvalue weighted by atomic mass is 16.5. The number of carbonyl (C=O) groups is 3. The van der Waals surface area contributed by atoms with Crippen LogP contribution in [0.15, 0.2) is 48.5 Å². The van der Waals surface area contributed by atoms with Crippen LogP contribution in [0, 0.1) is 5.41 Å². The number of carboxylic acids is 1. The Kier molecular flexibility index (Phi) is 6.26. The van der Waals surface area contributed by atoms with Crippen LogP contribution in [-0.2, 0) is 14.3 Å². The van der Waals surface area contributed by atoms with Gasteiger partial charge in [-0.3, -0.25) is 9.59 Å². The van der Waals surface area contributed by atoms with Crippen LogP contribution in [0.25, 0.3) is 11.1 Å². The second-order valence-corrected chi connectivity index (χ2v) is 10.3. The lowest BCUT2D eigenvalue weighted by Gasteiger charge is -2.33. The number of benzene rings is 2. The molecule has 7 heteroatoms. The van der Waals surface area contributed by atoms with E-state index in [0.717, 1.165) is 30.4 Å². The van der Waals surface area contributed by atoms with Crippen molar-refractivity contribution in [2.24, 2.45) is 5.41 Å². The largest absolute Gasteiger partial charge is 0.481 e. The first kappa shape index (κ1) is 23.4. The number of fused-ring (bicyclic) bond motifs is 3. The first-order valence-electron chi connectivity index (χ1n) is 12.5. The first-order valence-corrected chi connectivity index (χ1v) is 12.5. The van der Waals surface area contributed by atoms with Crippen LogP contribution in [-0.4, -0.2) is 41.8 Å². The lowest BCUT2D eigenvalue weighted by molar-refractivity contribution is -0.151.